The fraction of sp³-hybridized carbons (Fsp3) is 0.455. The normalized spacial score (nSPS) is 12.6. The van der Waals surface area contributed by atoms with Gasteiger partial charge in [0, 0.05) is 11.1 Å². The molecule has 14 heavy (non-hydrogen) atoms. The van der Waals surface area contributed by atoms with Gasteiger partial charge < -0.3 is 10.5 Å². The summed E-state index contributed by atoms with van der Waals surface area (Å²) < 4.78 is 5.06. The average molecular weight is 214 g/mol. The lowest BCUT2D eigenvalue weighted by molar-refractivity contribution is 0.414. The van der Waals surface area contributed by atoms with E-state index in [-0.39, 0.29) is 6.04 Å². The zero-order chi connectivity index (χ0) is 10.6. The Morgan fingerprint density at radius 1 is 1.50 bits per heavy atom. The minimum absolute atomic E-state index is 0.0263. The highest BCUT2D eigenvalue weighted by Crippen LogP contribution is 2.28. The molecule has 0 aromatic heterocycles. The molecule has 1 rings (SSSR count). The van der Waals surface area contributed by atoms with Crippen LogP contribution in [-0.4, -0.2) is 7.11 Å². The largest absolute Gasteiger partial charge is 0.497 e. The van der Waals surface area contributed by atoms with Crippen LogP contribution in [-0.2, 0) is 0 Å². The predicted octanol–water partition coefficient (Wildman–Crippen LogP) is 3.15. The number of methoxy groups -OCH3 is 1. The summed E-state index contributed by atoms with van der Waals surface area (Å²) in [5.74, 6) is 0.766. The van der Waals surface area contributed by atoms with Crippen LogP contribution in [0.25, 0.3) is 0 Å². The topological polar surface area (TPSA) is 35.2 Å². The third-order valence-corrected chi connectivity index (χ3v) is 2.53. The maximum atomic E-state index is 6.08. The van der Waals surface area contributed by atoms with Crippen LogP contribution in [0.4, 0.5) is 0 Å². The number of nitrogens with two attached hydrogens (primary N) is 1. The fourth-order valence-corrected chi connectivity index (χ4v) is 1.71. The van der Waals surface area contributed by atoms with Crippen LogP contribution in [0.2, 0.25) is 5.02 Å². The lowest BCUT2D eigenvalue weighted by Crippen LogP contribution is -2.10. The number of halogens is 1. The Morgan fingerprint density at radius 2 is 2.21 bits per heavy atom. The molecule has 0 saturated heterocycles. The van der Waals surface area contributed by atoms with Gasteiger partial charge in [0.15, 0.2) is 0 Å². The maximum Gasteiger partial charge on any atom is 0.120 e. The molecule has 0 radical (unpaired) electrons. The minimum atomic E-state index is 0.0263. The van der Waals surface area contributed by atoms with Crippen molar-refractivity contribution < 1.29 is 4.74 Å². The Balaban J connectivity index is 2.88. The predicted molar refractivity (Wildman–Crippen MR) is 59.8 cm³/mol. The van der Waals surface area contributed by atoms with Crippen molar-refractivity contribution in [1.82, 2.24) is 0 Å². The first-order valence-corrected chi connectivity index (χ1v) is 5.15. The molecule has 78 valence electrons. The molecule has 0 aliphatic heterocycles. The third kappa shape index (κ3) is 2.63. The van der Waals surface area contributed by atoms with Crippen LogP contribution < -0.4 is 10.5 Å². The van der Waals surface area contributed by atoms with Crippen molar-refractivity contribution in [1.29, 1.82) is 0 Å². The third-order valence-electron chi connectivity index (χ3n) is 2.21. The van der Waals surface area contributed by atoms with Gasteiger partial charge in [0.1, 0.15) is 5.75 Å². The average Bonchev–Trinajstić information content (AvgIpc) is 2.17. The van der Waals surface area contributed by atoms with Crippen molar-refractivity contribution in [3.05, 3.63) is 28.8 Å². The van der Waals surface area contributed by atoms with Crippen molar-refractivity contribution in [3.8, 4) is 5.75 Å². The Hall–Kier alpha value is -0.730. The van der Waals surface area contributed by atoms with Gasteiger partial charge in [0.2, 0.25) is 0 Å². The maximum absolute atomic E-state index is 6.08. The monoisotopic (exact) mass is 213 g/mol. The molecule has 2 N–H and O–H groups in total. The molecule has 0 spiro atoms. The molecule has 0 fully saturated rings. The summed E-state index contributed by atoms with van der Waals surface area (Å²) in [5, 5.41) is 0.685. The summed E-state index contributed by atoms with van der Waals surface area (Å²) in [6, 6.07) is 5.64. The summed E-state index contributed by atoms with van der Waals surface area (Å²) in [6.07, 6.45) is 2.01. The van der Waals surface area contributed by atoms with Gasteiger partial charge in [-0.2, -0.15) is 0 Å². The molecule has 1 aromatic rings. The van der Waals surface area contributed by atoms with Crippen molar-refractivity contribution in [2.24, 2.45) is 5.73 Å². The van der Waals surface area contributed by atoms with E-state index in [0.717, 1.165) is 24.2 Å². The zero-order valence-electron chi connectivity index (χ0n) is 8.59. The Bertz CT molecular complexity index is 301. The lowest BCUT2D eigenvalue weighted by atomic mass is 10.0. The molecule has 1 atom stereocenters. The highest BCUT2D eigenvalue weighted by Gasteiger charge is 2.09. The minimum Gasteiger partial charge on any atom is -0.497 e. The second-order valence-corrected chi connectivity index (χ2v) is 3.69. The summed E-state index contributed by atoms with van der Waals surface area (Å²) >= 11 is 6.08. The first kappa shape index (κ1) is 11.3. The van der Waals surface area contributed by atoms with E-state index in [1.54, 1.807) is 13.2 Å². The van der Waals surface area contributed by atoms with Crippen LogP contribution in [0.5, 0.6) is 5.75 Å². The van der Waals surface area contributed by atoms with Gasteiger partial charge >= 0.3 is 0 Å². The van der Waals surface area contributed by atoms with Gasteiger partial charge in [0.25, 0.3) is 0 Å². The van der Waals surface area contributed by atoms with Gasteiger partial charge in [-0.05, 0) is 24.1 Å². The SMILES string of the molecule is CCCC(N)c1ccc(OC)cc1Cl. The van der Waals surface area contributed by atoms with Crippen LogP contribution in [0.3, 0.4) is 0 Å². The number of ether oxygens (including phenoxy) is 1. The molecular formula is C11H16ClNO. The molecule has 0 aliphatic carbocycles. The highest BCUT2D eigenvalue weighted by molar-refractivity contribution is 6.31. The van der Waals surface area contributed by atoms with E-state index in [1.807, 2.05) is 12.1 Å². The molecule has 3 heteroatoms. The van der Waals surface area contributed by atoms with Crippen molar-refractivity contribution in [2.45, 2.75) is 25.8 Å². The Kier molecular flexibility index (Phi) is 4.23. The standard InChI is InChI=1S/C11H16ClNO/c1-3-4-11(13)9-6-5-8(14-2)7-10(9)12/h5-7,11H,3-4,13H2,1-2H3. The summed E-state index contributed by atoms with van der Waals surface area (Å²) in [4.78, 5) is 0. The van der Waals surface area contributed by atoms with Crippen molar-refractivity contribution >= 4 is 11.6 Å². The van der Waals surface area contributed by atoms with E-state index in [9.17, 15) is 0 Å². The summed E-state index contributed by atoms with van der Waals surface area (Å²) in [7, 11) is 1.62. The second kappa shape index (κ2) is 5.23. The Morgan fingerprint density at radius 3 is 2.71 bits per heavy atom. The van der Waals surface area contributed by atoms with E-state index in [1.165, 1.54) is 0 Å². The van der Waals surface area contributed by atoms with E-state index in [2.05, 4.69) is 6.92 Å². The van der Waals surface area contributed by atoms with Crippen LogP contribution in [0, 0.1) is 0 Å². The molecule has 0 heterocycles. The smallest absolute Gasteiger partial charge is 0.120 e. The highest BCUT2D eigenvalue weighted by atomic mass is 35.5. The van der Waals surface area contributed by atoms with E-state index < -0.39 is 0 Å². The summed E-state index contributed by atoms with van der Waals surface area (Å²) in [6.45, 7) is 2.11. The molecule has 0 saturated carbocycles. The van der Waals surface area contributed by atoms with E-state index in [4.69, 9.17) is 22.1 Å². The number of hydrogen-bond donors (Lipinski definition) is 1. The van der Waals surface area contributed by atoms with Gasteiger partial charge in [-0.1, -0.05) is 31.0 Å². The quantitative estimate of drug-likeness (QED) is 0.834. The first-order chi connectivity index (χ1) is 6.69. The molecule has 1 unspecified atom stereocenters. The molecule has 1 aromatic carbocycles. The molecule has 2 nitrogen and oxygen atoms in total. The van der Waals surface area contributed by atoms with Crippen LogP contribution in [0.15, 0.2) is 18.2 Å². The number of rotatable bonds is 4. The van der Waals surface area contributed by atoms with Crippen LogP contribution >= 0.6 is 11.6 Å². The fourth-order valence-electron chi connectivity index (χ4n) is 1.40. The first-order valence-electron chi connectivity index (χ1n) is 4.78. The van der Waals surface area contributed by atoms with Gasteiger partial charge in [-0.15, -0.1) is 0 Å². The molecular weight excluding hydrogens is 198 g/mol. The second-order valence-electron chi connectivity index (χ2n) is 3.28. The van der Waals surface area contributed by atoms with Crippen LogP contribution in [0.1, 0.15) is 31.4 Å². The van der Waals surface area contributed by atoms with E-state index in [0.29, 0.717) is 5.02 Å². The van der Waals surface area contributed by atoms with Crippen molar-refractivity contribution in [2.75, 3.05) is 7.11 Å². The van der Waals surface area contributed by atoms with E-state index >= 15 is 0 Å². The Labute approximate surface area is 90.0 Å². The molecule has 0 aliphatic rings. The number of benzene rings is 1. The lowest BCUT2D eigenvalue weighted by Gasteiger charge is -2.13. The zero-order valence-corrected chi connectivity index (χ0v) is 9.34. The summed E-state index contributed by atoms with van der Waals surface area (Å²) in [5.41, 5.74) is 6.97. The molecule has 0 amide bonds. The van der Waals surface area contributed by atoms with Gasteiger partial charge in [-0.3, -0.25) is 0 Å². The van der Waals surface area contributed by atoms with Gasteiger partial charge in [0.05, 0.1) is 7.11 Å². The van der Waals surface area contributed by atoms with Gasteiger partial charge in [-0.25, -0.2) is 0 Å². The molecule has 0 bridgehead atoms. The van der Waals surface area contributed by atoms with Crippen molar-refractivity contribution in [3.63, 3.8) is 0 Å². The number of hydrogen-bond acceptors (Lipinski definition) is 2.